The van der Waals surface area contributed by atoms with Crippen LogP contribution in [0.5, 0.6) is 0 Å². The van der Waals surface area contributed by atoms with E-state index in [2.05, 4.69) is 26.2 Å². The summed E-state index contributed by atoms with van der Waals surface area (Å²) in [4.78, 5) is 18.6. The van der Waals surface area contributed by atoms with Gasteiger partial charge in [0, 0.05) is 15.5 Å². The van der Waals surface area contributed by atoms with Gasteiger partial charge >= 0.3 is 0 Å². The number of thiophene rings is 1. The van der Waals surface area contributed by atoms with Crippen LogP contribution in [0.4, 0.5) is 5.69 Å². The standard InChI is InChI=1S/C20H12BrClN2OS/c21-12-4-3-5-13(10-12)23-20(25)15-11-17(18-8-9-19(22)26-18)24-16-7-2-1-6-14(15)16/h1-11H,(H,23,25). The Balaban J connectivity index is 1.81. The molecular weight excluding hydrogens is 432 g/mol. The van der Waals surface area contributed by atoms with Crippen molar-refractivity contribution < 1.29 is 4.79 Å². The zero-order valence-corrected chi connectivity index (χ0v) is 16.5. The number of anilines is 1. The molecule has 2 aromatic carbocycles. The maximum Gasteiger partial charge on any atom is 0.256 e. The number of amides is 1. The molecule has 0 saturated carbocycles. The average molecular weight is 444 g/mol. The molecule has 26 heavy (non-hydrogen) atoms. The van der Waals surface area contributed by atoms with E-state index >= 15 is 0 Å². The van der Waals surface area contributed by atoms with E-state index in [0.717, 1.165) is 31.6 Å². The molecule has 0 spiro atoms. The second-order valence-electron chi connectivity index (χ2n) is 5.64. The number of pyridine rings is 1. The minimum atomic E-state index is -0.175. The molecule has 4 aromatic rings. The van der Waals surface area contributed by atoms with Crippen LogP contribution in [0, 0.1) is 0 Å². The van der Waals surface area contributed by atoms with Crippen molar-refractivity contribution in [3.8, 4) is 10.6 Å². The van der Waals surface area contributed by atoms with Crippen LogP contribution in [-0.4, -0.2) is 10.9 Å². The molecule has 2 aromatic heterocycles. The second kappa shape index (κ2) is 7.19. The summed E-state index contributed by atoms with van der Waals surface area (Å²) < 4.78 is 1.60. The summed E-state index contributed by atoms with van der Waals surface area (Å²) in [7, 11) is 0. The highest BCUT2D eigenvalue weighted by Crippen LogP contribution is 2.32. The summed E-state index contributed by atoms with van der Waals surface area (Å²) in [5, 5.41) is 3.77. The molecule has 2 heterocycles. The van der Waals surface area contributed by atoms with Crippen molar-refractivity contribution in [3.05, 3.63) is 81.1 Å². The lowest BCUT2D eigenvalue weighted by Crippen LogP contribution is -2.13. The Morgan fingerprint density at radius 1 is 1.04 bits per heavy atom. The highest BCUT2D eigenvalue weighted by Gasteiger charge is 2.15. The summed E-state index contributed by atoms with van der Waals surface area (Å²) >= 11 is 10.9. The number of benzene rings is 2. The molecule has 0 bridgehead atoms. The van der Waals surface area contributed by atoms with E-state index in [0.29, 0.717) is 9.90 Å². The van der Waals surface area contributed by atoms with Crippen LogP contribution >= 0.6 is 38.9 Å². The Bertz CT molecular complexity index is 1130. The molecule has 1 N–H and O–H groups in total. The van der Waals surface area contributed by atoms with Gasteiger partial charge in [-0.3, -0.25) is 4.79 Å². The number of fused-ring (bicyclic) bond motifs is 1. The van der Waals surface area contributed by atoms with Crippen LogP contribution < -0.4 is 5.32 Å². The lowest BCUT2D eigenvalue weighted by molar-refractivity contribution is 0.102. The third-order valence-electron chi connectivity index (χ3n) is 3.87. The Morgan fingerprint density at radius 2 is 1.88 bits per heavy atom. The van der Waals surface area contributed by atoms with Crippen LogP contribution in [0.15, 0.2) is 71.2 Å². The van der Waals surface area contributed by atoms with Crippen LogP contribution in [0.1, 0.15) is 10.4 Å². The molecule has 4 rings (SSSR count). The molecule has 6 heteroatoms. The van der Waals surface area contributed by atoms with Gasteiger partial charge in [-0.2, -0.15) is 0 Å². The largest absolute Gasteiger partial charge is 0.322 e. The molecule has 0 radical (unpaired) electrons. The third-order valence-corrected chi connectivity index (χ3v) is 5.62. The first-order valence-electron chi connectivity index (χ1n) is 7.82. The number of aromatic nitrogens is 1. The number of hydrogen-bond acceptors (Lipinski definition) is 3. The van der Waals surface area contributed by atoms with Gasteiger partial charge in [-0.05, 0) is 42.5 Å². The van der Waals surface area contributed by atoms with Gasteiger partial charge in [0.15, 0.2) is 0 Å². The third kappa shape index (κ3) is 3.51. The Hall–Kier alpha value is -2.21. The van der Waals surface area contributed by atoms with Gasteiger partial charge in [0.25, 0.3) is 5.91 Å². The monoisotopic (exact) mass is 442 g/mol. The molecule has 0 atom stereocenters. The fraction of sp³-hybridized carbons (Fsp3) is 0. The number of hydrogen-bond donors (Lipinski definition) is 1. The molecular formula is C20H12BrClN2OS. The van der Waals surface area contributed by atoms with Gasteiger partial charge < -0.3 is 5.32 Å². The molecule has 0 aliphatic heterocycles. The van der Waals surface area contributed by atoms with E-state index in [4.69, 9.17) is 11.6 Å². The molecule has 1 amide bonds. The van der Waals surface area contributed by atoms with Crippen LogP contribution in [0.3, 0.4) is 0 Å². The van der Waals surface area contributed by atoms with Gasteiger partial charge in [0.2, 0.25) is 0 Å². The van der Waals surface area contributed by atoms with E-state index in [1.807, 2.05) is 66.7 Å². The highest BCUT2D eigenvalue weighted by atomic mass is 79.9. The molecule has 3 nitrogen and oxygen atoms in total. The maximum absolute atomic E-state index is 13.0. The summed E-state index contributed by atoms with van der Waals surface area (Å²) in [6.45, 7) is 0. The van der Waals surface area contributed by atoms with Crippen LogP contribution in [-0.2, 0) is 0 Å². The quantitative estimate of drug-likeness (QED) is 0.386. The maximum atomic E-state index is 13.0. The fourth-order valence-corrected chi connectivity index (χ4v) is 4.11. The van der Waals surface area contributed by atoms with Gasteiger partial charge in [-0.25, -0.2) is 4.98 Å². The van der Waals surface area contributed by atoms with Gasteiger partial charge in [-0.1, -0.05) is 51.8 Å². The molecule has 0 saturated heterocycles. The van der Waals surface area contributed by atoms with E-state index in [1.54, 1.807) is 0 Å². The summed E-state index contributed by atoms with van der Waals surface area (Å²) in [6, 6.07) is 20.7. The molecule has 0 aliphatic rings. The highest BCUT2D eigenvalue weighted by molar-refractivity contribution is 9.10. The first-order chi connectivity index (χ1) is 12.6. The second-order valence-corrected chi connectivity index (χ2v) is 8.27. The van der Waals surface area contributed by atoms with Crippen molar-refractivity contribution in [2.45, 2.75) is 0 Å². The van der Waals surface area contributed by atoms with Crippen molar-refractivity contribution in [1.29, 1.82) is 0 Å². The van der Waals surface area contributed by atoms with E-state index < -0.39 is 0 Å². The smallest absolute Gasteiger partial charge is 0.256 e. The summed E-state index contributed by atoms with van der Waals surface area (Å²) in [5.41, 5.74) is 2.81. The number of rotatable bonds is 3. The van der Waals surface area contributed by atoms with Crippen LogP contribution in [0.25, 0.3) is 21.5 Å². The normalized spacial score (nSPS) is 10.8. The number of carbonyl (C=O) groups is 1. The van der Waals surface area contributed by atoms with E-state index in [-0.39, 0.29) is 5.91 Å². The molecule has 0 aliphatic carbocycles. The summed E-state index contributed by atoms with van der Waals surface area (Å²) in [6.07, 6.45) is 0. The van der Waals surface area contributed by atoms with Gasteiger partial charge in [0.05, 0.1) is 26.0 Å². The number of para-hydroxylation sites is 1. The number of carbonyl (C=O) groups excluding carboxylic acids is 1. The van der Waals surface area contributed by atoms with Crippen molar-refractivity contribution in [2.75, 3.05) is 5.32 Å². The molecule has 0 fully saturated rings. The van der Waals surface area contributed by atoms with Crippen molar-refractivity contribution in [3.63, 3.8) is 0 Å². The van der Waals surface area contributed by atoms with Crippen molar-refractivity contribution >= 4 is 61.4 Å². The van der Waals surface area contributed by atoms with Crippen molar-refractivity contribution in [1.82, 2.24) is 4.98 Å². The number of nitrogens with zero attached hydrogens (tertiary/aromatic N) is 1. The van der Waals surface area contributed by atoms with Crippen LogP contribution in [0.2, 0.25) is 4.34 Å². The molecule has 128 valence electrons. The lowest BCUT2D eigenvalue weighted by Gasteiger charge is -2.10. The topological polar surface area (TPSA) is 42.0 Å². The van der Waals surface area contributed by atoms with Crippen molar-refractivity contribution in [2.24, 2.45) is 0 Å². The van der Waals surface area contributed by atoms with E-state index in [1.165, 1.54) is 11.3 Å². The number of halogens is 2. The van der Waals surface area contributed by atoms with Gasteiger partial charge in [-0.15, -0.1) is 11.3 Å². The fourth-order valence-electron chi connectivity index (χ4n) is 2.71. The Labute approximate surface area is 167 Å². The Morgan fingerprint density at radius 3 is 2.65 bits per heavy atom. The van der Waals surface area contributed by atoms with E-state index in [9.17, 15) is 4.79 Å². The summed E-state index contributed by atoms with van der Waals surface area (Å²) in [5.74, 6) is -0.175. The van der Waals surface area contributed by atoms with Gasteiger partial charge in [0.1, 0.15) is 0 Å². The first kappa shape index (κ1) is 17.2. The average Bonchev–Trinajstić information content (AvgIpc) is 3.07. The zero-order valence-electron chi connectivity index (χ0n) is 13.4. The zero-order chi connectivity index (χ0) is 18.1. The number of nitrogens with one attached hydrogen (secondary N) is 1. The minimum absolute atomic E-state index is 0.175. The Kier molecular flexibility index (Phi) is 4.76. The molecule has 0 unspecified atom stereocenters. The minimum Gasteiger partial charge on any atom is -0.322 e. The predicted molar refractivity (Wildman–Crippen MR) is 112 cm³/mol. The first-order valence-corrected chi connectivity index (χ1v) is 9.81. The SMILES string of the molecule is O=C(Nc1cccc(Br)c1)c1cc(-c2ccc(Cl)s2)nc2ccccc12. The predicted octanol–water partition coefficient (Wildman–Crippen LogP) is 6.63. The lowest BCUT2D eigenvalue weighted by atomic mass is 10.1.